The molecule has 1 aromatic carbocycles. The van der Waals surface area contributed by atoms with Gasteiger partial charge in [0.15, 0.2) is 5.65 Å². The predicted octanol–water partition coefficient (Wildman–Crippen LogP) is 4.80. The van der Waals surface area contributed by atoms with Crippen LogP contribution >= 0.6 is 11.6 Å². The van der Waals surface area contributed by atoms with Gasteiger partial charge in [-0.3, -0.25) is 4.57 Å². The van der Waals surface area contributed by atoms with Gasteiger partial charge >= 0.3 is 6.18 Å². The maximum Gasteiger partial charge on any atom is 0.416 e. The number of benzene rings is 1. The summed E-state index contributed by atoms with van der Waals surface area (Å²) in [6.07, 6.45) is -2.97. The number of aromatic nitrogens is 4. The molecule has 7 nitrogen and oxygen atoms in total. The molecular formula is C19H23ClF3N7. The zero-order chi connectivity index (χ0) is 22.3. The molecule has 1 atom stereocenters. The average molecular weight is 442 g/mol. The number of nitrogens with two attached hydrogens (primary N) is 1. The van der Waals surface area contributed by atoms with E-state index in [4.69, 9.17) is 17.3 Å². The summed E-state index contributed by atoms with van der Waals surface area (Å²) >= 11 is 5.89. The third-order valence-electron chi connectivity index (χ3n) is 3.93. The van der Waals surface area contributed by atoms with Gasteiger partial charge in [0.05, 0.1) is 11.8 Å². The number of anilines is 3. The van der Waals surface area contributed by atoms with Crippen molar-refractivity contribution in [3.63, 3.8) is 0 Å². The zero-order valence-electron chi connectivity index (χ0n) is 17.0. The first-order chi connectivity index (χ1) is 13.8. The van der Waals surface area contributed by atoms with Crippen molar-refractivity contribution in [3.8, 4) is 0 Å². The molecule has 2 heterocycles. The number of nitrogens with zero attached hydrogens (tertiary/aromatic N) is 4. The second-order valence-corrected chi connectivity index (χ2v) is 8.59. The third-order valence-corrected chi connectivity index (χ3v) is 4.14. The molecular weight excluding hydrogens is 419 g/mol. The Morgan fingerprint density at radius 3 is 2.47 bits per heavy atom. The highest BCUT2D eigenvalue weighted by atomic mass is 35.5. The molecule has 0 saturated carbocycles. The maximum absolute atomic E-state index is 13.1. The quantitative estimate of drug-likeness (QED) is 0.526. The summed E-state index contributed by atoms with van der Waals surface area (Å²) < 4.78 is 41.1. The van der Waals surface area contributed by atoms with Gasteiger partial charge in [0.2, 0.25) is 11.9 Å². The predicted molar refractivity (Wildman–Crippen MR) is 112 cm³/mol. The second-order valence-electron chi connectivity index (χ2n) is 8.15. The average Bonchev–Trinajstić information content (AvgIpc) is 2.88. The molecule has 162 valence electrons. The molecule has 0 aliphatic heterocycles. The molecule has 30 heavy (non-hydrogen) atoms. The van der Waals surface area contributed by atoms with E-state index in [0.29, 0.717) is 29.6 Å². The molecule has 0 spiro atoms. The Labute approximate surface area is 176 Å². The summed E-state index contributed by atoms with van der Waals surface area (Å²) in [6, 6.07) is 2.99. The monoisotopic (exact) mass is 441 g/mol. The van der Waals surface area contributed by atoms with E-state index >= 15 is 0 Å². The third kappa shape index (κ3) is 5.31. The van der Waals surface area contributed by atoms with Crippen molar-refractivity contribution in [1.29, 1.82) is 0 Å². The Kier molecular flexibility index (Phi) is 5.83. The van der Waals surface area contributed by atoms with Crippen LogP contribution in [0.15, 0.2) is 24.4 Å². The molecule has 11 heteroatoms. The van der Waals surface area contributed by atoms with Gasteiger partial charge in [0.1, 0.15) is 5.52 Å². The van der Waals surface area contributed by atoms with E-state index in [0.717, 1.165) is 12.1 Å². The van der Waals surface area contributed by atoms with Crippen LogP contribution in [-0.2, 0) is 12.7 Å². The fraction of sp³-hybridized carbons (Fsp3) is 0.421. The number of rotatable bonds is 5. The fourth-order valence-electron chi connectivity index (χ4n) is 2.83. The van der Waals surface area contributed by atoms with Gasteiger partial charge in [0.25, 0.3) is 0 Å². The molecule has 3 rings (SSSR count). The molecule has 0 bridgehead atoms. The molecule has 1 unspecified atom stereocenters. The number of hydrogen-bond donors (Lipinski definition) is 3. The summed E-state index contributed by atoms with van der Waals surface area (Å²) in [5, 5.41) is 6.06. The van der Waals surface area contributed by atoms with Crippen LogP contribution in [-0.4, -0.2) is 31.1 Å². The van der Waals surface area contributed by atoms with E-state index in [9.17, 15) is 13.2 Å². The van der Waals surface area contributed by atoms with Crippen LogP contribution in [0.2, 0.25) is 5.02 Å². The van der Waals surface area contributed by atoms with Crippen molar-refractivity contribution in [1.82, 2.24) is 19.5 Å². The Morgan fingerprint density at radius 2 is 1.87 bits per heavy atom. The molecule has 0 fully saturated rings. The van der Waals surface area contributed by atoms with Crippen LogP contribution in [0.5, 0.6) is 0 Å². The minimum atomic E-state index is -4.52. The SMILES string of the molecule is CC(N)Cn1c(Nc2cc(Cl)cc(C(F)(F)F)c2)nc2cnc(NC(C)(C)C)nc21. The summed E-state index contributed by atoms with van der Waals surface area (Å²) in [5.74, 6) is 0.703. The van der Waals surface area contributed by atoms with Gasteiger partial charge in [-0.25, -0.2) is 9.97 Å². The number of halogens is 4. The Bertz CT molecular complexity index is 1050. The van der Waals surface area contributed by atoms with Gasteiger partial charge < -0.3 is 16.4 Å². The first-order valence-electron chi connectivity index (χ1n) is 9.24. The zero-order valence-corrected chi connectivity index (χ0v) is 17.7. The molecule has 4 N–H and O–H groups in total. The normalized spacial score (nSPS) is 13.5. The lowest BCUT2D eigenvalue weighted by Gasteiger charge is -2.20. The minimum absolute atomic E-state index is 0.0429. The van der Waals surface area contributed by atoms with Crippen molar-refractivity contribution in [2.45, 2.75) is 52.0 Å². The number of fused-ring (bicyclic) bond motifs is 1. The lowest BCUT2D eigenvalue weighted by atomic mass is 10.1. The van der Waals surface area contributed by atoms with Gasteiger partial charge in [0, 0.05) is 28.8 Å². The van der Waals surface area contributed by atoms with E-state index in [1.54, 1.807) is 10.8 Å². The van der Waals surface area contributed by atoms with Gasteiger partial charge in [-0.15, -0.1) is 0 Å². The first-order valence-corrected chi connectivity index (χ1v) is 9.61. The highest BCUT2D eigenvalue weighted by Gasteiger charge is 2.31. The molecule has 2 aromatic heterocycles. The largest absolute Gasteiger partial charge is 0.416 e. The van der Waals surface area contributed by atoms with Crippen LogP contribution in [0, 0.1) is 0 Å². The van der Waals surface area contributed by atoms with Crippen molar-refractivity contribution < 1.29 is 13.2 Å². The molecule has 3 aromatic rings. The Hall–Kier alpha value is -2.59. The highest BCUT2D eigenvalue weighted by molar-refractivity contribution is 6.31. The molecule has 0 radical (unpaired) electrons. The minimum Gasteiger partial charge on any atom is -0.350 e. The summed E-state index contributed by atoms with van der Waals surface area (Å²) in [4.78, 5) is 13.2. The number of nitrogens with one attached hydrogen (secondary N) is 2. The Morgan fingerprint density at radius 1 is 1.17 bits per heavy atom. The molecule has 0 saturated heterocycles. The first kappa shape index (κ1) is 22.1. The van der Waals surface area contributed by atoms with E-state index in [2.05, 4.69) is 25.6 Å². The maximum atomic E-state index is 13.1. The van der Waals surface area contributed by atoms with Crippen molar-refractivity contribution >= 4 is 40.3 Å². The van der Waals surface area contributed by atoms with Gasteiger partial charge in [-0.2, -0.15) is 18.2 Å². The van der Waals surface area contributed by atoms with Crippen LogP contribution in [0.4, 0.5) is 30.8 Å². The van der Waals surface area contributed by atoms with Gasteiger partial charge in [-0.05, 0) is 45.9 Å². The number of alkyl halides is 3. The van der Waals surface area contributed by atoms with Crippen molar-refractivity contribution in [3.05, 3.63) is 35.0 Å². The summed E-state index contributed by atoms with van der Waals surface area (Å²) in [5.41, 5.74) is 6.01. The van der Waals surface area contributed by atoms with E-state index < -0.39 is 11.7 Å². The van der Waals surface area contributed by atoms with Crippen molar-refractivity contribution in [2.24, 2.45) is 5.73 Å². The number of hydrogen-bond acceptors (Lipinski definition) is 6. The van der Waals surface area contributed by atoms with Crippen LogP contribution in [0.3, 0.4) is 0 Å². The summed E-state index contributed by atoms with van der Waals surface area (Å²) in [6.45, 7) is 8.09. The topological polar surface area (TPSA) is 93.7 Å². The summed E-state index contributed by atoms with van der Waals surface area (Å²) in [7, 11) is 0. The molecule has 0 aliphatic carbocycles. The lowest BCUT2D eigenvalue weighted by Crippen LogP contribution is -2.27. The van der Waals surface area contributed by atoms with Crippen LogP contribution < -0.4 is 16.4 Å². The smallest absolute Gasteiger partial charge is 0.350 e. The van der Waals surface area contributed by atoms with E-state index in [1.807, 2.05) is 27.7 Å². The van der Waals surface area contributed by atoms with E-state index in [1.165, 1.54) is 6.07 Å². The lowest BCUT2D eigenvalue weighted by molar-refractivity contribution is -0.137. The Balaban J connectivity index is 2.06. The standard InChI is InChI=1S/C19H23ClF3N7/c1-10(24)9-30-15-14(8-25-16(28-15)29-18(2,3)4)27-17(30)26-13-6-11(19(21,22)23)5-12(20)7-13/h5-8,10H,9,24H2,1-4H3,(H,26,27)(H,25,28,29). The number of imidazole rings is 1. The fourth-order valence-corrected chi connectivity index (χ4v) is 3.06. The molecule has 0 aliphatic rings. The van der Waals surface area contributed by atoms with Crippen molar-refractivity contribution in [2.75, 3.05) is 10.6 Å². The molecule has 0 amide bonds. The van der Waals surface area contributed by atoms with Crippen LogP contribution in [0.25, 0.3) is 11.2 Å². The highest BCUT2D eigenvalue weighted by Crippen LogP contribution is 2.34. The van der Waals surface area contributed by atoms with Crippen LogP contribution in [0.1, 0.15) is 33.3 Å². The van der Waals surface area contributed by atoms with Gasteiger partial charge in [-0.1, -0.05) is 11.6 Å². The second kappa shape index (κ2) is 7.92. The van der Waals surface area contributed by atoms with E-state index in [-0.39, 0.29) is 22.3 Å².